The normalized spacial score (nSPS) is 10.7. The molecule has 0 aliphatic rings. The lowest BCUT2D eigenvalue weighted by molar-refractivity contribution is 0.0660. The van der Waals surface area contributed by atoms with Crippen LogP contribution < -0.4 is 4.74 Å². The Morgan fingerprint density at radius 2 is 1.78 bits per heavy atom. The van der Waals surface area contributed by atoms with Crippen molar-refractivity contribution in [3.8, 4) is 5.75 Å². The maximum Gasteiger partial charge on any atom is 0.371 e. The summed E-state index contributed by atoms with van der Waals surface area (Å²) in [5.41, 5.74) is 2.19. The summed E-state index contributed by atoms with van der Waals surface area (Å²) in [6.45, 7) is 0.527. The maximum absolute atomic E-state index is 12.9. The molecule has 0 amide bonds. The van der Waals surface area contributed by atoms with Gasteiger partial charge in [-0.2, -0.15) is 0 Å². The Morgan fingerprint density at radius 3 is 2.52 bits per heavy atom. The van der Waals surface area contributed by atoms with Gasteiger partial charge >= 0.3 is 5.97 Å². The molecular formula is C22H21FO4. The summed E-state index contributed by atoms with van der Waals surface area (Å²) < 4.78 is 24.0. The molecule has 0 atom stereocenters. The van der Waals surface area contributed by atoms with E-state index in [1.165, 1.54) is 18.2 Å². The van der Waals surface area contributed by atoms with E-state index in [-0.39, 0.29) is 11.6 Å². The third-order valence-corrected chi connectivity index (χ3v) is 4.23. The van der Waals surface area contributed by atoms with Crippen LogP contribution in [0, 0.1) is 5.82 Å². The van der Waals surface area contributed by atoms with Crippen LogP contribution in [-0.4, -0.2) is 17.7 Å². The molecule has 27 heavy (non-hydrogen) atoms. The molecule has 0 aliphatic carbocycles. The second-order valence-electron chi connectivity index (χ2n) is 6.30. The van der Waals surface area contributed by atoms with Gasteiger partial charge in [0, 0.05) is 12.8 Å². The minimum Gasteiger partial charge on any atom is -0.493 e. The average molecular weight is 368 g/mol. The Hall–Kier alpha value is -3.08. The Kier molecular flexibility index (Phi) is 6.26. The lowest BCUT2D eigenvalue weighted by Crippen LogP contribution is -2.01. The van der Waals surface area contributed by atoms with E-state index >= 15 is 0 Å². The van der Waals surface area contributed by atoms with Crippen molar-refractivity contribution < 1.29 is 23.4 Å². The maximum atomic E-state index is 12.9. The van der Waals surface area contributed by atoms with Gasteiger partial charge in [0.25, 0.3) is 0 Å². The monoisotopic (exact) mass is 368 g/mol. The summed E-state index contributed by atoms with van der Waals surface area (Å²) >= 11 is 0. The largest absolute Gasteiger partial charge is 0.493 e. The van der Waals surface area contributed by atoms with Crippen molar-refractivity contribution in [1.29, 1.82) is 0 Å². The van der Waals surface area contributed by atoms with Gasteiger partial charge in [-0.05, 0) is 60.4 Å². The van der Waals surface area contributed by atoms with Gasteiger partial charge in [-0.25, -0.2) is 9.18 Å². The number of halogens is 1. The van der Waals surface area contributed by atoms with E-state index in [2.05, 4.69) is 0 Å². The predicted octanol–water partition coefficient (Wildman–Crippen LogP) is 4.91. The zero-order valence-corrected chi connectivity index (χ0v) is 14.9. The van der Waals surface area contributed by atoms with Crippen LogP contribution in [0.25, 0.3) is 0 Å². The molecule has 0 radical (unpaired) electrons. The number of furan rings is 1. The zero-order chi connectivity index (χ0) is 19.1. The topological polar surface area (TPSA) is 59.7 Å². The van der Waals surface area contributed by atoms with Crippen LogP contribution in [0.15, 0.2) is 65.1 Å². The van der Waals surface area contributed by atoms with Crippen molar-refractivity contribution in [2.24, 2.45) is 0 Å². The summed E-state index contributed by atoms with van der Waals surface area (Å²) in [4.78, 5) is 10.8. The Labute approximate surface area is 157 Å². The second kappa shape index (κ2) is 9.03. The highest BCUT2D eigenvalue weighted by Gasteiger charge is 2.08. The third kappa shape index (κ3) is 5.71. The second-order valence-corrected chi connectivity index (χ2v) is 6.30. The van der Waals surface area contributed by atoms with Crippen LogP contribution in [0.2, 0.25) is 0 Å². The zero-order valence-electron chi connectivity index (χ0n) is 14.9. The third-order valence-electron chi connectivity index (χ3n) is 4.23. The van der Waals surface area contributed by atoms with Crippen LogP contribution in [-0.2, 0) is 19.3 Å². The summed E-state index contributed by atoms with van der Waals surface area (Å²) in [5, 5.41) is 8.86. The number of hydrogen-bond acceptors (Lipinski definition) is 3. The van der Waals surface area contributed by atoms with Crippen molar-refractivity contribution in [2.45, 2.75) is 25.7 Å². The van der Waals surface area contributed by atoms with Crippen LogP contribution in [0.5, 0.6) is 5.75 Å². The van der Waals surface area contributed by atoms with Gasteiger partial charge in [0.1, 0.15) is 17.3 Å². The predicted molar refractivity (Wildman–Crippen MR) is 99.7 cm³/mol. The smallest absolute Gasteiger partial charge is 0.371 e. The number of carbonyl (C=O) groups is 1. The van der Waals surface area contributed by atoms with Gasteiger partial charge in [-0.15, -0.1) is 0 Å². The molecule has 1 aromatic heterocycles. The van der Waals surface area contributed by atoms with Gasteiger partial charge in [0.2, 0.25) is 5.76 Å². The molecule has 2 aromatic carbocycles. The first-order valence-corrected chi connectivity index (χ1v) is 8.88. The first kappa shape index (κ1) is 18.7. The van der Waals surface area contributed by atoms with E-state index in [0.717, 1.165) is 36.1 Å². The van der Waals surface area contributed by atoms with Crippen LogP contribution in [0.1, 0.15) is 33.9 Å². The first-order chi connectivity index (χ1) is 13.1. The van der Waals surface area contributed by atoms with E-state index in [1.807, 2.05) is 24.3 Å². The molecule has 4 nitrogen and oxygen atoms in total. The Bertz CT molecular complexity index is 883. The molecule has 3 aromatic rings. The van der Waals surface area contributed by atoms with Crippen LogP contribution >= 0.6 is 0 Å². The van der Waals surface area contributed by atoms with Gasteiger partial charge in [-0.1, -0.05) is 24.3 Å². The number of benzene rings is 2. The standard InChI is InChI=1S/C22H21FO4/c23-18-9-7-16(8-10-18)13-14-26-20-6-2-4-17(15-20)3-1-5-19-11-12-21(27-19)22(24)25/h2,4,6-12,15H,1,3,5,13-14H2,(H,24,25). The molecule has 3 rings (SSSR count). The number of ether oxygens (including phenoxy) is 1. The number of hydrogen-bond donors (Lipinski definition) is 1. The average Bonchev–Trinajstić information content (AvgIpc) is 3.13. The molecule has 1 heterocycles. The fourth-order valence-corrected chi connectivity index (χ4v) is 2.82. The van der Waals surface area contributed by atoms with Crippen LogP contribution in [0.3, 0.4) is 0 Å². The van der Waals surface area contributed by atoms with E-state index in [0.29, 0.717) is 18.8 Å². The van der Waals surface area contributed by atoms with Crippen molar-refractivity contribution in [1.82, 2.24) is 0 Å². The molecule has 0 bridgehead atoms. The molecule has 0 spiro atoms. The van der Waals surface area contributed by atoms with E-state index in [9.17, 15) is 9.18 Å². The van der Waals surface area contributed by atoms with E-state index in [4.69, 9.17) is 14.3 Å². The molecule has 0 saturated heterocycles. The summed E-state index contributed by atoms with van der Waals surface area (Å²) in [7, 11) is 0. The van der Waals surface area contributed by atoms with E-state index < -0.39 is 5.97 Å². The molecule has 140 valence electrons. The number of aromatic carboxylic acids is 1. The highest BCUT2D eigenvalue weighted by atomic mass is 19.1. The molecule has 0 unspecified atom stereocenters. The molecule has 1 N–H and O–H groups in total. The number of carboxylic acids is 1. The quantitative estimate of drug-likeness (QED) is 0.583. The fraction of sp³-hybridized carbons (Fsp3) is 0.227. The fourth-order valence-electron chi connectivity index (χ4n) is 2.82. The Balaban J connectivity index is 1.45. The molecule has 0 fully saturated rings. The molecule has 0 aliphatic heterocycles. The molecular weight excluding hydrogens is 347 g/mol. The van der Waals surface area contributed by atoms with Gasteiger partial charge in [-0.3, -0.25) is 0 Å². The van der Waals surface area contributed by atoms with Crippen molar-refractivity contribution in [3.05, 3.63) is 89.1 Å². The number of aryl methyl sites for hydroxylation is 2. The van der Waals surface area contributed by atoms with Crippen molar-refractivity contribution in [3.63, 3.8) is 0 Å². The van der Waals surface area contributed by atoms with E-state index in [1.54, 1.807) is 18.2 Å². The summed E-state index contributed by atoms with van der Waals surface area (Å²) in [6.07, 6.45) is 3.10. The van der Waals surface area contributed by atoms with Gasteiger partial charge in [0.05, 0.1) is 6.61 Å². The SMILES string of the molecule is O=C(O)c1ccc(CCCc2cccc(OCCc3ccc(F)cc3)c2)o1. The van der Waals surface area contributed by atoms with Crippen molar-refractivity contribution in [2.75, 3.05) is 6.61 Å². The number of rotatable bonds is 9. The lowest BCUT2D eigenvalue weighted by atomic mass is 10.1. The highest BCUT2D eigenvalue weighted by Crippen LogP contribution is 2.17. The summed E-state index contributed by atoms with van der Waals surface area (Å²) in [5.74, 6) is 0.175. The number of carboxylic acid groups (broad SMARTS) is 1. The molecule has 5 heteroatoms. The Morgan fingerprint density at radius 1 is 0.963 bits per heavy atom. The minimum absolute atomic E-state index is 0.0263. The summed E-state index contributed by atoms with van der Waals surface area (Å²) in [6, 6.07) is 17.5. The molecule has 0 saturated carbocycles. The van der Waals surface area contributed by atoms with Crippen LogP contribution in [0.4, 0.5) is 4.39 Å². The van der Waals surface area contributed by atoms with Gasteiger partial charge < -0.3 is 14.3 Å². The van der Waals surface area contributed by atoms with Gasteiger partial charge in [0.15, 0.2) is 0 Å². The lowest BCUT2D eigenvalue weighted by Gasteiger charge is -2.08. The van der Waals surface area contributed by atoms with Crippen molar-refractivity contribution >= 4 is 5.97 Å². The highest BCUT2D eigenvalue weighted by molar-refractivity contribution is 5.84. The minimum atomic E-state index is -1.05. The first-order valence-electron chi connectivity index (χ1n) is 8.88.